The number of carbonyl (C=O) groups is 1. The number of benzene rings is 1. The number of aromatic nitrogens is 1. The molecule has 1 aromatic heterocycles. The third-order valence-corrected chi connectivity index (χ3v) is 5.26. The summed E-state index contributed by atoms with van der Waals surface area (Å²) in [6, 6.07) is 6.42. The van der Waals surface area contributed by atoms with Crippen LogP contribution < -0.4 is 0 Å². The molecule has 2 aromatic rings. The Hall–Kier alpha value is -1.81. The number of para-hydroxylation sites is 1. The van der Waals surface area contributed by atoms with Gasteiger partial charge in [0.25, 0.3) is 0 Å². The molecular weight excluding hydrogens is 298 g/mol. The molecule has 0 radical (unpaired) electrons. The third-order valence-electron chi connectivity index (χ3n) is 5.26. The minimum absolute atomic E-state index is 0.0510. The summed E-state index contributed by atoms with van der Waals surface area (Å²) in [6.07, 6.45) is 0. The van der Waals surface area contributed by atoms with Gasteiger partial charge in [-0.05, 0) is 37.8 Å². The minimum Gasteiger partial charge on any atom is -0.358 e. The van der Waals surface area contributed by atoms with E-state index in [4.69, 9.17) is 0 Å². The topological polar surface area (TPSA) is 39.3 Å². The number of carbonyl (C=O) groups excluding carboxylic acids is 1. The standard InChI is InChI=1S/C20H29N3O/c1-13(2)11-23-10-9-22(16(5)20(23)24)12-17-7-6-8-18-14(3)15(4)21-19(17)18/h6-8,13,16,21H,9-12H2,1-5H3. The molecule has 3 rings (SSSR count). The summed E-state index contributed by atoms with van der Waals surface area (Å²) in [5.74, 6) is 0.785. The summed E-state index contributed by atoms with van der Waals surface area (Å²) in [6.45, 7) is 14.1. The molecule has 24 heavy (non-hydrogen) atoms. The van der Waals surface area contributed by atoms with E-state index in [1.54, 1.807) is 0 Å². The molecule has 0 spiro atoms. The number of hydrogen-bond acceptors (Lipinski definition) is 2. The Morgan fingerprint density at radius 2 is 2.00 bits per heavy atom. The summed E-state index contributed by atoms with van der Waals surface area (Å²) >= 11 is 0. The van der Waals surface area contributed by atoms with Crippen molar-refractivity contribution in [2.24, 2.45) is 5.92 Å². The first-order valence-electron chi connectivity index (χ1n) is 8.98. The highest BCUT2D eigenvalue weighted by molar-refractivity contribution is 5.87. The maximum atomic E-state index is 12.7. The maximum Gasteiger partial charge on any atom is 0.239 e. The van der Waals surface area contributed by atoms with Crippen LogP contribution in [0.4, 0.5) is 0 Å². The van der Waals surface area contributed by atoms with Gasteiger partial charge >= 0.3 is 0 Å². The minimum atomic E-state index is -0.0510. The Morgan fingerprint density at radius 1 is 1.25 bits per heavy atom. The number of nitrogens with one attached hydrogen (secondary N) is 1. The van der Waals surface area contributed by atoms with Gasteiger partial charge in [0, 0.05) is 37.3 Å². The molecule has 1 amide bonds. The Kier molecular flexibility index (Phi) is 4.68. The van der Waals surface area contributed by atoms with E-state index < -0.39 is 0 Å². The number of aryl methyl sites for hydroxylation is 2. The van der Waals surface area contributed by atoms with Crippen molar-refractivity contribution in [2.45, 2.75) is 47.2 Å². The lowest BCUT2D eigenvalue weighted by atomic mass is 10.1. The van der Waals surface area contributed by atoms with Gasteiger partial charge in [0.2, 0.25) is 5.91 Å². The monoisotopic (exact) mass is 327 g/mol. The molecular formula is C20H29N3O. The lowest BCUT2D eigenvalue weighted by Gasteiger charge is -2.39. The van der Waals surface area contributed by atoms with Crippen LogP contribution in [0.25, 0.3) is 10.9 Å². The predicted molar refractivity (Wildman–Crippen MR) is 99.1 cm³/mol. The van der Waals surface area contributed by atoms with Crippen molar-refractivity contribution in [1.29, 1.82) is 0 Å². The van der Waals surface area contributed by atoms with Gasteiger partial charge in [0.15, 0.2) is 0 Å². The van der Waals surface area contributed by atoms with Crippen molar-refractivity contribution in [3.63, 3.8) is 0 Å². The lowest BCUT2D eigenvalue weighted by Crippen LogP contribution is -2.56. The van der Waals surface area contributed by atoms with Crippen LogP contribution in [0.5, 0.6) is 0 Å². The van der Waals surface area contributed by atoms with E-state index in [1.807, 2.05) is 11.8 Å². The van der Waals surface area contributed by atoms with Gasteiger partial charge in [-0.3, -0.25) is 9.69 Å². The van der Waals surface area contributed by atoms with E-state index in [9.17, 15) is 4.79 Å². The van der Waals surface area contributed by atoms with Crippen LogP contribution in [0.3, 0.4) is 0 Å². The van der Waals surface area contributed by atoms with Gasteiger partial charge in [0.05, 0.1) is 11.6 Å². The normalized spacial score (nSPS) is 19.7. The van der Waals surface area contributed by atoms with E-state index in [-0.39, 0.29) is 11.9 Å². The summed E-state index contributed by atoms with van der Waals surface area (Å²) < 4.78 is 0. The number of amides is 1. The second-order valence-corrected chi connectivity index (χ2v) is 7.54. The van der Waals surface area contributed by atoms with Crippen molar-refractivity contribution >= 4 is 16.8 Å². The summed E-state index contributed by atoms with van der Waals surface area (Å²) in [4.78, 5) is 20.5. The third kappa shape index (κ3) is 3.07. The van der Waals surface area contributed by atoms with Crippen LogP contribution in [0, 0.1) is 19.8 Å². The number of nitrogens with zero attached hydrogens (tertiary/aromatic N) is 2. The summed E-state index contributed by atoms with van der Waals surface area (Å²) in [5, 5.41) is 1.29. The lowest BCUT2D eigenvalue weighted by molar-refractivity contribution is -0.141. The molecule has 4 nitrogen and oxygen atoms in total. The molecule has 0 saturated carbocycles. The van der Waals surface area contributed by atoms with Crippen molar-refractivity contribution in [3.05, 3.63) is 35.0 Å². The van der Waals surface area contributed by atoms with Crippen LogP contribution in [-0.2, 0) is 11.3 Å². The molecule has 1 aliphatic rings. The van der Waals surface area contributed by atoms with Crippen LogP contribution in [-0.4, -0.2) is 46.4 Å². The van der Waals surface area contributed by atoms with Gasteiger partial charge in [-0.2, -0.15) is 0 Å². The second kappa shape index (κ2) is 6.60. The van der Waals surface area contributed by atoms with Gasteiger partial charge < -0.3 is 9.88 Å². The van der Waals surface area contributed by atoms with Crippen molar-refractivity contribution in [3.8, 4) is 0 Å². The zero-order chi connectivity index (χ0) is 17.4. The van der Waals surface area contributed by atoms with Gasteiger partial charge in [-0.15, -0.1) is 0 Å². The van der Waals surface area contributed by atoms with Crippen LogP contribution >= 0.6 is 0 Å². The highest BCUT2D eigenvalue weighted by Gasteiger charge is 2.31. The zero-order valence-corrected chi connectivity index (χ0v) is 15.5. The predicted octanol–water partition coefficient (Wildman–Crippen LogP) is 3.47. The number of aromatic amines is 1. The Bertz CT molecular complexity index is 747. The highest BCUT2D eigenvalue weighted by Crippen LogP contribution is 2.26. The number of hydrogen-bond donors (Lipinski definition) is 1. The fourth-order valence-electron chi connectivity index (χ4n) is 3.71. The van der Waals surface area contributed by atoms with Crippen molar-refractivity contribution in [2.75, 3.05) is 19.6 Å². The zero-order valence-electron chi connectivity index (χ0n) is 15.5. The van der Waals surface area contributed by atoms with Gasteiger partial charge in [0.1, 0.15) is 0 Å². The maximum absolute atomic E-state index is 12.7. The molecule has 0 aliphatic carbocycles. The van der Waals surface area contributed by atoms with E-state index in [1.165, 1.54) is 27.7 Å². The van der Waals surface area contributed by atoms with Crippen LogP contribution in [0.2, 0.25) is 0 Å². The fourth-order valence-corrected chi connectivity index (χ4v) is 3.71. The highest BCUT2D eigenvalue weighted by atomic mass is 16.2. The number of piperazine rings is 1. The molecule has 2 heterocycles. The molecule has 1 fully saturated rings. The largest absolute Gasteiger partial charge is 0.358 e. The number of fused-ring (bicyclic) bond motifs is 1. The van der Waals surface area contributed by atoms with E-state index in [0.717, 1.165) is 26.2 Å². The summed E-state index contributed by atoms with van der Waals surface area (Å²) in [5.41, 5.74) is 5.04. The summed E-state index contributed by atoms with van der Waals surface area (Å²) in [7, 11) is 0. The van der Waals surface area contributed by atoms with E-state index in [0.29, 0.717) is 5.92 Å². The molecule has 1 atom stereocenters. The molecule has 1 N–H and O–H groups in total. The van der Waals surface area contributed by atoms with Gasteiger partial charge in [-0.25, -0.2) is 0 Å². The quantitative estimate of drug-likeness (QED) is 0.934. The fraction of sp³-hybridized carbons (Fsp3) is 0.550. The van der Waals surface area contributed by atoms with Crippen molar-refractivity contribution in [1.82, 2.24) is 14.8 Å². The van der Waals surface area contributed by atoms with Gasteiger partial charge in [-0.1, -0.05) is 32.0 Å². The Morgan fingerprint density at radius 3 is 2.71 bits per heavy atom. The molecule has 0 bridgehead atoms. The first kappa shape index (κ1) is 17.0. The first-order chi connectivity index (χ1) is 11.4. The molecule has 4 heteroatoms. The molecule has 130 valence electrons. The molecule has 1 aliphatic heterocycles. The number of rotatable bonds is 4. The molecule has 1 unspecified atom stereocenters. The number of H-pyrrole nitrogens is 1. The van der Waals surface area contributed by atoms with E-state index in [2.05, 4.69) is 55.8 Å². The second-order valence-electron chi connectivity index (χ2n) is 7.54. The Labute approximate surface area is 144 Å². The smallest absolute Gasteiger partial charge is 0.239 e. The molecule has 1 saturated heterocycles. The van der Waals surface area contributed by atoms with Crippen LogP contribution in [0.1, 0.15) is 37.6 Å². The average molecular weight is 327 g/mol. The van der Waals surface area contributed by atoms with Crippen molar-refractivity contribution < 1.29 is 4.79 Å². The Balaban J connectivity index is 1.80. The SMILES string of the molecule is Cc1[nH]c2c(CN3CCN(CC(C)C)C(=O)C3C)cccc2c1C. The van der Waals surface area contributed by atoms with Crippen LogP contribution in [0.15, 0.2) is 18.2 Å². The average Bonchev–Trinajstić information content (AvgIpc) is 2.83. The first-order valence-corrected chi connectivity index (χ1v) is 8.98. The van der Waals surface area contributed by atoms with E-state index >= 15 is 0 Å². The molecule has 1 aromatic carbocycles.